The average Bonchev–Trinajstić information content (AvgIpc) is 3.29. The molecule has 0 spiro atoms. The second-order valence-corrected chi connectivity index (χ2v) is 11.5. The first-order valence-electron chi connectivity index (χ1n) is 10.6. The van der Waals surface area contributed by atoms with Crippen LogP contribution in [0.2, 0.25) is 0 Å². The number of hydrogen-bond donors (Lipinski definition) is 0. The smallest absolute Gasteiger partial charge is 0.146 e. The fourth-order valence-corrected chi connectivity index (χ4v) is 12.8. The van der Waals surface area contributed by atoms with Crippen molar-refractivity contribution in [3.8, 4) is 0 Å². The average molecular weight is 322 g/mol. The molecule has 8 fully saturated rings. The van der Waals surface area contributed by atoms with Crippen molar-refractivity contribution in [1.29, 1.82) is 0 Å². The molecule has 0 N–H and O–H groups in total. The summed E-state index contributed by atoms with van der Waals surface area (Å²) in [5.41, 5.74) is -0.357. The van der Waals surface area contributed by atoms with Crippen molar-refractivity contribution in [2.45, 2.75) is 52.4 Å². The van der Waals surface area contributed by atoms with Gasteiger partial charge in [-0.15, -0.1) is 0 Å². The zero-order chi connectivity index (χ0) is 16.0. The summed E-state index contributed by atoms with van der Waals surface area (Å²) in [6, 6.07) is 0. The topological polar surface area (TPSA) is 34.1 Å². The number of Topliss-reactive ketones (excluding diaryl/α,β-unsaturated/α-hetero) is 2. The number of rotatable bonds is 0. The third-order valence-electron chi connectivity index (χ3n) is 12.1. The van der Waals surface area contributed by atoms with Gasteiger partial charge in [-0.05, 0) is 73.0 Å². The lowest BCUT2D eigenvalue weighted by molar-refractivity contribution is -0.163. The molecule has 0 aromatic heterocycles. The van der Waals surface area contributed by atoms with Gasteiger partial charge in [0.1, 0.15) is 11.6 Å². The van der Waals surface area contributed by atoms with Gasteiger partial charge in [0, 0.05) is 21.7 Å². The van der Waals surface area contributed by atoms with E-state index in [1.54, 1.807) is 0 Å². The van der Waals surface area contributed by atoms with Crippen molar-refractivity contribution >= 4 is 11.6 Å². The van der Waals surface area contributed by atoms with Crippen LogP contribution in [0.3, 0.4) is 0 Å². The zero-order valence-corrected chi connectivity index (χ0v) is 14.7. The van der Waals surface area contributed by atoms with Gasteiger partial charge >= 0.3 is 0 Å². The van der Waals surface area contributed by atoms with Crippen LogP contribution in [0, 0.1) is 69.0 Å². The first kappa shape index (κ1) is 12.7. The van der Waals surface area contributed by atoms with Crippen molar-refractivity contribution in [2.24, 2.45) is 69.0 Å². The van der Waals surface area contributed by atoms with E-state index in [4.69, 9.17) is 0 Å². The minimum atomic E-state index is -0.119. The van der Waals surface area contributed by atoms with Crippen molar-refractivity contribution in [1.82, 2.24) is 0 Å². The van der Waals surface area contributed by atoms with Crippen molar-refractivity contribution in [2.75, 3.05) is 0 Å². The molecule has 0 aliphatic heterocycles. The minimum absolute atomic E-state index is 0.0590. The number of carbonyl (C=O) groups is 2. The van der Waals surface area contributed by atoms with E-state index in [0.29, 0.717) is 47.1 Å². The lowest BCUT2D eigenvalue weighted by atomic mass is 9.48. The Morgan fingerprint density at radius 1 is 0.750 bits per heavy atom. The number of fused-ring (bicyclic) bond motifs is 2. The van der Waals surface area contributed by atoms with Crippen molar-refractivity contribution in [3.05, 3.63) is 0 Å². The van der Waals surface area contributed by atoms with Crippen LogP contribution in [0.4, 0.5) is 0 Å². The van der Waals surface area contributed by atoms with E-state index in [0.717, 1.165) is 24.7 Å². The van der Waals surface area contributed by atoms with Crippen LogP contribution in [0.5, 0.6) is 0 Å². The molecular formula is C22H26O2. The van der Waals surface area contributed by atoms with Gasteiger partial charge in [0.2, 0.25) is 0 Å². The molecule has 2 nitrogen and oxygen atoms in total. The summed E-state index contributed by atoms with van der Waals surface area (Å²) >= 11 is 0. The number of hydrogen-bond acceptors (Lipinski definition) is 2. The maximum atomic E-state index is 14.0. The standard InChI is InChI=1S/C22H26O2/c1-19-13-9-5-3-8-22(9,17(19)23)16-11(13)12-14-10-6-4-7-21(10,15(12)19)18(24)20(14,16)2/h9-16H,3-8H2,1-2H3/t9-,10+,11+,12-,13+,14-,15-,16+,19-,20-,21+,22+/m1/s1. The molecule has 24 heavy (non-hydrogen) atoms. The van der Waals surface area contributed by atoms with E-state index in [9.17, 15) is 9.59 Å². The van der Waals surface area contributed by atoms with Crippen LogP contribution in [-0.2, 0) is 9.59 Å². The van der Waals surface area contributed by atoms with Crippen LogP contribution >= 0.6 is 0 Å². The summed E-state index contributed by atoms with van der Waals surface area (Å²) in [4.78, 5) is 28.0. The third-order valence-corrected chi connectivity index (χ3v) is 12.1. The molecule has 4 bridgehead atoms. The Morgan fingerprint density at radius 3 is 1.58 bits per heavy atom. The third kappa shape index (κ3) is 0.687. The molecule has 8 rings (SSSR count). The summed E-state index contributed by atoms with van der Waals surface area (Å²) in [6.45, 7) is 4.71. The Bertz CT molecular complexity index is 734. The fourth-order valence-electron chi connectivity index (χ4n) is 12.8. The SMILES string of the molecule is C[C@@]12C(=O)[C@@]34CCC[C@@H]3[C@H]1[C@@H]1[C@@H]3[C@H]5[C@@H]6CCC[C@@]6(C(=O)[C@@]5(C)[C@H]14)[C@H]32. The molecule has 126 valence electrons. The van der Waals surface area contributed by atoms with E-state index in [1.165, 1.54) is 25.7 Å². The van der Waals surface area contributed by atoms with Crippen molar-refractivity contribution in [3.63, 3.8) is 0 Å². The van der Waals surface area contributed by atoms with Crippen LogP contribution in [0.15, 0.2) is 0 Å². The molecular weight excluding hydrogens is 296 g/mol. The van der Waals surface area contributed by atoms with Gasteiger partial charge in [0.25, 0.3) is 0 Å². The molecule has 0 aromatic carbocycles. The first-order valence-corrected chi connectivity index (χ1v) is 10.6. The van der Waals surface area contributed by atoms with Crippen LogP contribution in [-0.4, -0.2) is 11.6 Å². The molecule has 0 aromatic rings. The predicted octanol–water partition coefficient (Wildman–Crippen LogP) is 3.49. The number of carbonyl (C=O) groups excluding carboxylic acids is 2. The van der Waals surface area contributed by atoms with Crippen LogP contribution in [0.25, 0.3) is 0 Å². The summed E-state index contributed by atoms with van der Waals surface area (Å²) in [5, 5.41) is 0. The Hall–Kier alpha value is -0.660. The van der Waals surface area contributed by atoms with Gasteiger partial charge in [-0.2, -0.15) is 0 Å². The molecule has 0 radical (unpaired) electrons. The minimum Gasteiger partial charge on any atom is -0.298 e. The first-order chi connectivity index (χ1) is 11.5. The van der Waals surface area contributed by atoms with Crippen molar-refractivity contribution < 1.29 is 9.59 Å². The van der Waals surface area contributed by atoms with Crippen LogP contribution < -0.4 is 0 Å². The Balaban J connectivity index is 1.55. The molecule has 8 saturated carbocycles. The van der Waals surface area contributed by atoms with E-state index in [-0.39, 0.29) is 21.7 Å². The lowest BCUT2D eigenvalue weighted by Gasteiger charge is -2.53. The van der Waals surface area contributed by atoms with Gasteiger partial charge in [-0.1, -0.05) is 26.7 Å². The summed E-state index contributed by atoms with van der Waals surface area (Å²) in [7, 11) is 0. The maximum absolute atomic E-state index is 14.0. The second kappa shape index (κ2) is 2.89. The van der Waals surface area contributed by atoms with Gasteiger partial charge in [0.05, 0.1) is 0 Å². The Labute approximate surface area is 143 Å². The lowest BCUT2D eigenvalue weighted by Crippen LogP contribution is -2.59. The molecule has 8 aliphatic carbocycles. The summed E-state index contributed by atoms with van der Waals surface area (Å²) < 4.78 is 0. The van der Waals surface area contributed by atoms with Gasteiger partial charge in [-0.25, -0.2) is 0 Å². The molecule has 0 unspecified atom stereocenters. The van der Waals surface area contributed by atoms with Crippen LogP contribution in [0.1, 0.15) is 52.4 Å². The largest absolute Gasteiger partial charge is 0.298 e. The molecule has 0 heterocycles. The van der Waals surface area contributed by atoms with E-state index in [2.05, 4.69) is 13.8 Å². The molecule has 8 aliphatic rings. The number of ketones is 2. The van der Waals surface area contributed by atoms with Gasteiger partial charge in [-0.3, -0.25) is 9.59 Å². The molecule has 0 saturated heterocycles. The quantitative estimate of drug-likeness (QED) is 0.684. The van der Waals surface area contributed by atoms with E-state index < -0.39 is 0 Å². The van der Waals surface area contributed by atoms with E-state index in [1.807, 2.05) is 0 Å². The summed E-state index contributed by atoms with van der Waals surface area (Å²) in [6.07, 6.45) is 7.29. The highest BCUT2D eigenvalue weighted by Crippen LogP contribution is 2.97. The maximum Gasteiger partial charge on any atom is 0.146 e. The zero-order valence-electron chi connectivity index (χ0n) is 14.7. The summed E-state index contributed by atoms with van der Waals surface area (Å²) in [5.74, 6) is 6.32. The van der Waals surface area contributed by atoms with Gasteiger partial charge in [0.15, 0.2) is 0 Å². The second-order valence-electron chi connectivity index (χ2n) is 11.5. The molecule has 12 atom stereocenters. The molecule has 2 heteroatoms. The normalized spacial score (nSPS) is 77.4. The van der Waals surface area contributed by atoms with E-state index >= 15 is 0 Å². The Kier molecular flexibility index (Phi) is 1.52. The Morgan fingerprint density at radius 2 is 1.17 bits per heavy atom. The highest BCUT2D eigenvalue weighted by Gasteiger charge is 2.98. The molecule has 0 amide bonds. The van der Waals surface area contributed by atoms with Gasteiger partial charge < -0.3 is 0 Å². The fraction of sp³-hybridized carbons (Fsp3) is 0.909. The highest BCUT2D eigenvalue weighted by atomic mass is 16.1. The monoisotopic (exact) mass is 322 g/mol. The highest BCUT2D eigenvalue weighted by molar-refractivity contribution is 6.05. The predicted molar refractivity (Wildman–Crippen MR) is 86.7 cm³/mol.